The fourth-order valence-corrected chi connectivity index (χ4v) is 3.92. The zero-order valence-electron chi connectivity index (χ0n) is 19.4. The highest BCUT2D eigenvalue weighted by Gasteiger charge is 2.38. The number of fused-ring (bicyclic) bond motifs is 1. The molecule has 2 rings (SSSR count). The minimum Gasteiger partial charge on any atom is -0.493 e. The van der Waals surface area contributed by atoms with Gasteiger partial charge in [0.25, 0.3) is 0 Å². The second kappa shape index (κ2) is 9.20. The highest BCUT2D eigenvalue weighted by atomic mass is 19.1. The molecule has 3 nitrogen and oxygen atoms in total. The normalized spacial score (nSPS) is 18.7. The first kappa shape index (κ1) is 23.9. The van der Waals surface area contributed by atoms with E-state index in [9.17, 15) is 4.79 Å². The maximum absolute atomic E-state index is 15.0. The van der Waals surface area contributed by atoms with Gasteiger partial charge in [-0.05, 0) is 84.4 Å². The molecule has 164 valence electrons. The predicted octanol–water partition coefficient (Wildman–Crippen LogP) is 7.11. The van der Waals surface area contributed by atoms with Crippen LogP contribution in [-0.4, -0.2) is 17.7 Å². The van der Waals surface area contributed by atoms with Gasteiger partial charge >= 0.3 is 5.97 Å². The lowest BCUT2D eigenvalue weighted by atomic mass is 9.62. The zero-order chi connectivity index (χ0) is 22.7. The van der Waals surface area contributed by atoms with Gasteiger partial charge in [-0.15, -0.1) is 0 Å². The molecule has 0 amide bonds. The van der Waals surface area contributed by atoms with Crippen LogP contribution in [0.15, 0.2) is 41.8 Å². The number of ether oxygens (including phenoxy) is 1. The molecular formula is C26H35FO3. The van der Waals surface area contributed by atoms with Crippen LogP contribution in [0.3, 0.4) is 0 Å². The van der Waals surface area contributed by atoms with Crippen molar-refractivity contribution in [1.29, 1.82) is 0 Å². The van der Waals surface area contributed by atoms with Crippen LogP contribution in [0.25, 0.3) is 5.57 Å². The molecule has 0 aromatic heterocycles. The first-order chi connectivity index (χ1) is 13.9. The van der Waals surface area contributed by atoms with E-state index in [4.69, 9.17) is 9.84 Å². The average Bonchev–Trinajstić information content (AvgIpc) is 2.66. The molecule has 1 aliphatic carbocycles. The molecule has 4 heteroatoms. The number of carbonyl (C=O) groups is 1. The van der Waals surface area contributed by atoms with Gasteiger partial charge in [-0.1, -0.05) is 40.7 Å². The Kier molecular flexibility index (Phi) is 7.33. The molecule has 0 saturated carbocycles. The minimum atomic E-state index is -1.05. The molecule has 0 spiro atoms. The van der Waals surface area contributed by atoms with Crippen LogP contribution in [0.1, 0.15) is 84.4 Å². The number of halogens is 1. The van der Waals surface area contributed by atoms with Crippen LogP contribution in [0.4, 0.5) is 4.39 Å². The highest BCUT2D eigenvalue weighted by molar-refractivity contribution is 5.81. The zero-order valence-corrected chi connectivity index (χ0v) is 19.4. The molecule has 30 heavy (non-hydrogen) atoms. The third-order valence-electron chi connectivity index (χ3n) is 6.02. The Morgan fingerprint density at radius 1 is 1.10 bits per heavy atom. The summed E-state index contributed by atoms with van der Waals surface area (Å²) < 4.78 is 21.1. The molecule has 1 aliphatic rings. The lowest BCUT2D eigenvalue weighted by molar-refractivity contribution is -0.131. The van der Waals surface area contributed by atoms with Crippen molar-refractivity contribution in [2.24, 2.45) is 0 Å². The first-order valence-electron chi connectivity index (χ1n) is 10.7. The molecule has 0 bridgehead atoms. The topological polar surface area (TPSA) is 46.5 Å². The van der Waals surface area contributed by atoms with Crippen LogP contribution in [0.2, 0.25) is 0 Å². The molecular weight excluding hydrogens is 379 g/mol. The molecule has 0 heterocycles. The van der Waals surface area contributed by atoms with Crippen molar-refractivity contribution in [3.05, 3.63) is 58.5 Å². The molecule has 0 radical (unpaired) electrons. The van der Waals surface area contributed by atoms with Gasteiger partial charge in [0, 0.05) is 11.6 Å². The van der Waals surface area contributed by atoms with E-state index in [0.717, 1.165) is 30.9 Å². The standard InChI is InChI=1S/C26H35FO3/c1-8-13-30-23-16-21-20(25(4,5)11-12-26(21,6)7)15-19(23)18(3)22(27)10-9-17(2)14-24(28)29/h9-10,14-16H,8,11-13H2,1-7H3,(H,28,29)/b10-9+,17-14+,22-18+. The monoisotopic (exact) mass is 414 g/mol. The third-order valence-corrected chi connectivity index (χ3v) is 6.02. The maximum atomic E-state index is 15.0. The Bertz CT molecular complexity index is 901. The summed E-state index contributed by atoms with van der Waals surface area (Å²) in [6.45, 7) is 15.0. The number of carboxylic acid groups (broad SMARTS) is 1. The molecule has 0 unspecified atom stereocenters. The molecule has 1 aromatic rings. The van der Waals surface area contributed by atoms with Crippen LogP contribution >= 0.6 is 0 Å². The summed E-state index contributed by atoms with van der Waals surface area (Å²) in [5.74, 6) is -0.740. The van der Waals surface area contributed by atoms with Crippen molar-refractivity contribution in [1.82, 2.24) is 0 Å². The molecule has 1 N–H and O–H groups in total. The van der Waals surface area contributed by atoms with Gasteiger partial charge in [0.2, 0.25) is 0 Å². The summed E-state index contributed by atoms with van der Waals surface area (Å²) in [5.41, 5.74) is 4.30. The summed E-state index contributed by atoms with van der Waals surface area (Å²) in [7, 11) is 0. The Hall–Kier alpha value is -2.36. The molecule has 0 fully saturated rings. The van der Waals surface area contributed by atoms with Gasteiger partial charge < -0.3 is 9.84 Å². The van der Waals surface area contributed by atoms with E-state index in [-0.39, 0.29) is 10.8 Å². The Morgan fingerprint density at radius 2 is 1.67 bits per heavy atom. The van der Waals surface area contributed by atoms with Gasteiger partial charge in [-0.2, -0.15) is 0 Å². The van der Waals surface area contributed by atoms with Crippen LogP contribution in [-0.2, 0) is 15.6 Å². The van der Waals surface area contributed by atoms with Crippen molar-refractivity contribution < 1.29 is 19.0 Å². The lowest BCUT2D eigenvalue weighted by Gasteiger charge is -2.42. The lowest BCUT2D eigenvalue weighted by Crippen LogP contribution is -2.34. The average molecular weight is 415 g/mol. The number of benzene rings is 1. The first-order valence-corrected chi connectivity index (χ1v) is 10.7. The maximum Gasteiger partial charge on any atom is 0.328 e. The van der Waals surface area contributed by atoms with Crippen LogP contribution in [0, 0.1) is 0 Å². The molecule has 0 aliphatic heterocycles. The Balaban J connectivity index is 2.62. The molecule has 0 atom stereocenters. The Labute approximate surface area is 180 Å². The summed E-state index contributed by atoms with van der Waals surface area (Å²) >= 11 is 0. The number of hydrogen-bond donors (Lipinski definition) is 1. The predicted molar refractivity (Wildman–Crippen MR) is 122 cm³/mol. The summed E-state index contributed by atoms with van der Waals surface area (Å²) in [6.07, 6.45) is 6.90. The van der Waals surface area contributed by atoms with Gasteiger partial charge in [-0.3, -0.25) is 0 Å². The van der Waals surface area contributed by atoms with E-state index in [0.29, 0.717) is 23.5 Å². The van der Waals surface area contributed by atoms with Gasteiger partial charge in [0.1, 0.15) is 11.6 Å². The quantitative estimate of drug-likeness (QED) is 0.382. The van der Waals surface area contributed by atoms with Gasteiger partial charge in [0.15, 0.2) is 0 Å². The van der Waals surface area contributed by atoms with Crippen molar-refractivity contribution in [3.8, 4) is 5.75 Å². The van der Waals surface area contributed by atoms with Crippen LogP contribution < -0.4 is 4.74 Å². The number of rotatable bonds is 7. The SMILES string of the molecule is CCCOc1cc2c(cc1\C(C)=C(F)/C=C/C(C)=C/C(=O)O)C(C)(C)CCC2(C)C. The van der Waals surface area contributed by atoms with Crippen molar-refractivity contribution >= 4 is 11.5 Å². The van der Waals surface area contributed by atoms with Gasteiger partial charge in [0.05, 0.1) is 6.61 Å². The van der Waals surface area contributed by atoms with Crippen molar-refractivity contribution in [3.63, 3.8) is 0 Å². The Morgan fingerprint density at radius 3 is 2.20 bits per heavy atom. The number of carboxylic acids is 1. The van der Waals surface area contributed by atoms with E-state index >= 15 is 4.39 Å². The van der Waals surface area contributed by atoms with E-state index in [1.54, 1.807) is 13.8 Å². The fraction of sp³-hybridized carbons (Fsp3) is 0.500. The number of hydrogen-bond acceptors (Lipinski definition) is 2. The smallest absolute Gasteiger partial charge is 0.328 e. The van der Waals surface area contributed by atoms with E-state index in [1.165, 1.54) is 23.3 Å². The molecule has 0 saturated heterocycles. The van der Waals surface area contributed by atoms with E-state index < -0.39 is 11.8 Å². The van der Waals surface area contributed by atoms with E-state index in [2.05, 4.69) is 46.8 Å². The number of aliphatic carboxylic acids is 1. The molecule has 1 aromatic carbocycles. The highest BCUT2D eigenvalue weighted by Crippen LogP contribution is 2.48. The minimum absolute atomic E-state index is 0.0102. The van der Waals surface area contributed by atoms with Crippen molar-refractivity contribution in [2.45, 2.75) is 78.6 Å². The fourth-order valence-electron chi connectivity index (χ4n) is 3.92. The number of allylic oxidation sites excluding steroid dienone is 5. The second-order valence-electron chi connectivity index (χ2n) is 9.54. The van der Waals surface area contributed by atoms with Crippen LogP contribution in [0.5, 0.6) is 5.75 Å². The second-order valence-corrected chi connectivity index (χ2v) is 9.54. The van der Waals surface area contributed by atoms with Crippen molar-refractivity contribution in [2.75, 3.05) is 6.61 Å². The summed E-state index contributed by atoms with van der Waals surface area (Å²) in [5, 5.41) is 8.83. The largest absolute Gasteiger partial charge is 0.493 e. The third kappa shape index (κ3) is 5.41. The van der Waals surface area contributed by atoms with E-state index in [1.807, 2.05) is 0 Å². The summed E-state index contributed by atoms with van der Waals surface area (Å²) in [6, 6.07) is 4.21. The summed E-state index contributed by atoms with van der Waals surface area (Å²) in [4.78, 5) is 10.8. The van der Waals surface area contributed by atoms with Gasteiger partial charge in [-0.25, -0.2) is 9.18 Å².